The highest BCUT2D eigenvalue weighted by atomic mass is 32.1. The van der Waals surface area contributed by atoms with Gasteiger partial charge in [-0.25, -0.2) is 4.98 Å². The van der Waals surface area contributed by atoms with Crippen molar-refractivity contribution in [2.24, 2.45) is 0 Å². The number of para-hydroxylation sites is 1. The number of hydrogen-bond donors (Lipinski definition) is 2. The molecule has 2 aromatic heterocycles. The van der Waals surface area contributed by atoms with E-state index in [9.17, 15) is 4.79 Å². The van der Waals surface area contributed by atoms with Gasteiger partial charge in [0.2, 0.25) is 0 Å². The molecule has 3 aromatic rings. The van der Waals surface area contributed by atoms with Crippen LogP contribution < -0.4 is 5.32 Å². The summed E-state index contributed by atoms with van der Waals surface area (Å²) in [5.74, 6) is -0.870. The quantitative estimate of drug-likeness (QED) is 0.757. The lowest BCUT2D eigenvalue weighted by molar-refractivity contribution is -0.136. The molecule has 0 aliphatic carbocycles. The van der Waals surface area contributed by atoms with Crippen molar-refractivity contribution in [3.05, 3.63) is 53.2 Å². The molecule has 0 saturated carbocycles. The number of nitrogens with zero attached hydrogens (tertiary/aromatic N) is 2. The van der Waals surface area contributed by atoms with Crippen LogP contribution in [0.4, 0.5) is 5.13 Å². The molecule has 3 rings (SSSR count). The maximum atomic E-state index is 10.6. The molecule has 0 fully saturated rings. The van der Waals surface area contributed by atoms with Gasteiger partial charge in [0.15, 0.2) is 5.13 Å². The summed E-state index contributed by atoms with van der Waals surface area (Å²) < 4.78 is 0. The zero-order chi connectivity index (χ0) is 14.7. The monoisotopic (exact) mass is 299 g/mol. The third-order valence-electron chi connectivity index (χ3n) is 3.03. The van der Waals surface area contributed by atoms with Gasteiger partial charge in [0, 0.05) is 23.5 Å². The van der Waals surface area contributed by atoms with Crippen molar-refractivity contribution in [1.29, 1.82) is 0 Å². The molecule has 106 valence electrons. The van der Waals surface area contributed by atoms with Gasteiger partial charge < -0.3 is 10.4 Å². The fourth-order valence-electron chi connectivity index (χ4n) is 2.11. The van der Waals surface area contributed by atoms with Gasteiger partial charge in [0.25, 0.3) is 0 Å². The minimum Gasteiger partial charge on any atom is -0.481 e. The van der Waals surface area contributed by atoms with Gasteiger partial charge in [-0.15, -0.1) is 11.3 Å². The number of benzene rings is 1. The molecule has 0 unspecified atom stereocenters. The lowest BCUT2D eigenvalue weighted by atomic mass is 10.1. The first-order valence-corrected chi connectivity index (χ1v) is 7.33. The number of carboxylic acids is 1. The smallest absolute Gasteiger partial charge is 0.309 e. The Kier molecular flexibility index (Phi) is 3.79. The molecular formula is C15H13N3O2S. The highest BCUT2D eigenvalue weighted by molar-refractivity contribution is 7.13. The zero-order valence-electron chi connectivity index (χ0n) is 11.1. The number of pyridine rings is 1. The summed E-state index contributed by atoms with van der Waals surface area (Å²) in [7, 11) is 0. The summed E-state index contributed by atoms with van der Waals surface area (Å²) in [4.78, 5) is 19.3. The maximum Gasteiger partial charge on any atom is 0.309 e. The second-order valence-corrected chi connectivity index (χ2v) is 5.42. The van der Waals surface area contributed by atoms with Crippen LogP contribution in [0.2, 0.25) is 0 Å². The third-order valence-corrected chi connectivity index (χ3v) is 3.88. The molecule has 2 N–H and O–H groups in total. The fourth-order valence-corrected chi connectivity index (χ4v) is 2.81. The molecule has 6 heteroatoms. The van der Waals surface area contributed by atoms with Gasteiger partial charge in [0.05, 0.1) is 17.6 Å². The Bertz CT molecular complexity index is 780. The molecule has 0 bridgehead atoms. The number of thiazole rings is 1. The van der Waals surface area contributed by atoms with E-state index in [4.69, 9.17) is 5.11 Å². The summed E-state index contributed by atoms with van der Waals surface area (Å²) in [6.07, 6.45) is 1.73. The number of aromatic nitrogens is 2. The molecule has 0 radical (unpaired) electrons. The topological polar surface area (TPSA) is 75.1 Å². The van der Waals surface area contributed by atoms with Crippen molar-refractivity contribution in [1.82, 2.24) is 9.97 Å². The maximum absolute atomic E-state index is 10.6. The predicted octanol–water partition coefficient (Wildman–Crippen LogP) is 2.93. The van der Waals surface area contributed by atoms with Crippen molar-refractivity contribution in [2.75, 3.05) is 5.32 Å². The third kappa shape index (κ3) is 3.17. The van der Waals surface area contributed by atoms with Crippen LogP contribution in [0.15, 0.2) is 41.9 Å². The van der Waals surface area contributed by atoms with Gasteiger partial charge in [-0.2, -0.15) is 0 Å². The Morgan fingerprint density at radius 2 is 2.14 bits per heavy atom. The summed E-state index contributed by atoms with van der Waals surface area (Å²) in [5.41, 5.74) is 2.63. The Hall–Kier alpha value is -2.47. The van der Waals surface area contributed by atoms with E-state index < -0.39 is 5.97 Å². The molecule has 2 heterocycles. The lowest BCUT2D eigenvalue weighted by Gasteiger charge is -2.06. The average Bonchev–Trinajstić information content (AvgIpc) is 2.92. The first kappa shape index (κ1) is 13.5. The van der Waals surface area contributed by atoms with E-state index in [1.807, 2.05) is 30.3 Å². The van der Waals surface area contributed by atoms with Crippen LogP contribution in [0.1, 0.15) is 11.3 Å². The molecule has 0 saturated heterocycles. The van der Waals surface area contributed by atoms with Gasteiger partial charge in [-0.05, 0) is 11.6 Å². The molecule has 0 amide bonds. The minimum absolute atomic E-state index is 0.0476. The standard InChI is InChI=1S/C15H13N3O2S/c19-13(20)7-12-9-21-15(18-12)17-8-11-4-1-3-10-5-2-6-16-14(10)11/h1-6,9H,7-8H2,(H,17,18)(H,19,20). The van der Waals surface area contributed by atoms with Crippen LogP contribution >= 0.6 is 11.3 Å². The Morgan fingerprint density at radius 3 is 3.00 bits per heavy atom. The first-order chi connectivity index (χ1) is 10.2. The number of anilines is 1. The van der Waals surface area contributed by atoms with Crippen LogP contribution in [-0.2, 0) is 17.8 Å². The second-order valence-electron chi connectivity index (χ2n) is 4.56. The van der Waals surface area contributed by atoms with Crippen LogP contribution in [0.3, 0.4) is 0 Å². The van der Waals surface area contributed by atoms with E-state index in [0.717, 1.165) is 21.6 Å². The van der Waals surface area contributed by atoms with Crippen LogP contribution in [0.5, 0.6) is 0 Å². The van der Waals surface area contributed by atoms with Crippen LogP contribution in [0.25, 0.3) is 10.9 Å². The van der Waals surface area contributed by atoms with Gasteiger partial charge >= 0.3 is 5.97 Å². The van der Waals surface area contributed by atoms with E-state index >= 15 is 0 Å². The van der Waals surface area contributed by atoms with E-state index in [1.54, 1.807) is 11.6 Å². The van der Waals surface area contributed by atoms with E-state index in [-0.39, 0.29) is 6.42 Å². The highest BCUT2D eigenvalue weighted by Gasteiger charge is 2.07. The number of rotatable bonds is 5. The molecule has 0 spiro atoms. The zero-order valence-corrected chi connectivity index (χ0v) is 11.9. The molecule has 0 aliphatic heterocycles. The highest BCUT2D eigenvalue weighted by Crippen LogP contribution is 2.20. The normalized spacial score (nSPS) is 10.7. The van der Waals surface area contributed by atoms with Crippen molar-refractivity contribution in [2.45, 2.75) is 13.0 Å². The molecule has 0 atom stereocenters. The van der Waals surface area contributed by atoms with Crippen molar-refractivity contribution in [3.63, 3.8) is 0 Å². The number of nitrogens with one attached hydrogen (secondary N) is 1. The average molecular weight is 299 g/mol. The van der Waals surface area contributed by atoms with Crippen molar-refractivity contribution < 1.29 is 9.90 Å². The summed E-state index contributed by atoms with van der Waals surface area (Å²) >= 11 is 1.41. The Labute approximate surface area is 125 Å². The fraction of sp³-hybridized carbons (Fsp3) is 0.133. The largest absolute Gasteiger partial charge is 0.481 e. The number of hydrogen-bond acceptors (Lipinski definition) is 5. The number of carboxylic acid groups (broad SMARTS) is 1. The number of fused-ring (bicyclic) bond motifs is 1. The second kappa shape index (κ2) is 5.88. The van der Waals surface area contributed by atoms with E-state index in [2.05, 4.69) is 15.3 Å². The Balaban J connectivity index is 1.74. The summed E-state index contributed by atoms with van der Waals surface area (Å²) in [6, 6.07) is 9.99. The Morgan fingerprint density at radius 1 is 1.29 bits per heavy atom. The van der Waals surface area contributed by atoms with Crippen molar-refractivity contribution >= 4 is 33.3 Å². The van der Waals surface area contributed by atoms with Gasteiger partial charge in [-0.3, -0.25) is 9.78 Å². The van der Waals surface area contributed by atoms with Crippen LogP contribution in [-0.4, -0.2) is 21.0 Å². The van der Waals surface area contributed by atoms with E-state index in [0.29, 0.717) is 12.2 Å². The number of aliphatic carboxylic acids is 1. The van der Waals surface area contributed by atoms with E-state index in [1.165, 1.54) is 11.3 Å². The summed E-state index contributed by atoms with van der Waals surface area (Å²) in [5, 5.41) is 15.5. The van der Waals surface area contributed by atoms with Crippen molar-refractivity contribution in [3.8, 4) is 0 Å². The van der Waals surface area contributed by atoms with Gasteiger partial charge in [-0.1, -0.05) is 24.3 Å². The number of carbonyl (C=O) groups is 1. The molecule has 0 aliphatic rings. The van der Waals surface area contributed by atoms with Crippen LogP contribution in [0, 0.1) is 0 Å². The molecule has 5 nitrogen and oxygen atoms in total. The molecular weight excluding hydrogens is 286 g/mol. The molecule has 21 heavy (non-hydrogen) atoms. The molecule has 1 aromatic carbocycles. The lowest BCUT2D eigenvalue weighted by Crippen LogP contribution is -2.02. The minimum atomic E-state index is -0.870. The first-order valence-electron chi connectivity index (χ1n) is 6.45. The predicted molar refractivity (Wildman–Crippen MR) is 82.5 cm³/mol. The van der Waals surface area contributed by atoms with Gasteiger partial charge in [0.1, 0.15) is 0 Å². The summed E-state index contributed by atoms with van der Waals surface area (Å²) in [6.45, 7) is 0.606. The SMILES string of the molecule is O=C(O)Cc1csc(NCc2cccc3cccnc23)n1.